The fourth-order valence-corrected chi connectivity index (χ4v) is 2.20. The fourth-order valence-electron chi connectivity index (χ4n) is 2.20. The Morgan fingerprint density at radius 2 is 2.18 bits per heavy atom. The van der Waals surface area contributed by atoms with E-state index in [0.29, 0.717) is 11.6 Å². The molecule has 0 aliphatic carbocycles. The molecule has 3 rings (SSSR count). The quantitative estimate of drug-likeness (QED) is 0.744. The van der Waals surface area contributed by atoms with Gasteiger partial charge in [-0.25, -0.2) is 9.67 Å². The molecule has 0 spiro atoms. The molecule has 5 nitrogen and oxygen atoms in total. The average molecular weight is 228 g/mol. The molecule has 2 aromatic rings. The Morgan fingerprint density at radius 1 is 1.35 bits per heavy atom. The number of nitriles is 1. The van der Waals surface area contributed by atoms with E-state index < -0.39 is 0 Å². The van der Waals surface area contributed by atoms with Gasteiger partial charge in [-0.3, -0.25) is 0 Å². The molecule has 86 valence electrons. The Hall–Kier alpha value is -1.93. The van der Waals surface area contributed by atoms with Crippen molar-refractivity contribution in [2.45, 2.75) is 18.9 Å². The van der Waals surface area contributed by atoms with Crippen molar-refractivity contribution in [3.63, 3.8) is 0 Å². The van der Waals surface area contributed by atoms with Crippen LogP contribution in [0.15, 0.2) is 18.5 Å². The largest absolute Gasteiger partial charge is 0.381 e. The van der Waals surface area contributed by atoms with E-state index in [1.807, 2.05) is 10.7 Å². The monoisotopic (exact) mass is 228 g/mol. The van der Waals surface area contributed by atoms with Gasteiger partial charge in [0.2, 0.25) is 0 Å². The molecule has 0 bridgehead atoms. The molecule has 1 fully saturated rings. The van der Waals surface area contributed by atoms with Crippen LogP contribution in [0.25, 0.3) is 11.0 Å². The van der Waals surface area contributed by atoms with Gasteiger partial charge in [0.1, 0.15) is 6.07 Å². The van der Waals surface area contributed by atoms with Crippen LogP contribution in [0, 0.1) is 11.3 Å². The predicted molar refractivity (Wildman–Crippen MR) is 61.3 cm³/mol. The maximum absolute atomic E-state index is 8.82. The zero-order valence-electron chi connectivity index (χ0n) is 9.33. The van der Waals surface area contributed by atoms with Crippen LogP contribution in [0.3, 0.4) is 0 Å². The average Bonchev–Trinajstić information content (AvgIpc) is 2.82. The lowest BCUT2D eigenvalue weighted by atomic mass is 10.1. The van der Waals surface area contributed by atoms with Crippen molar-refractivity contribution in [3.8, 4) is 6.07 Å². The van der Waals surface area contributed by atoms with Crippen molar-refractivity contribution < 1.29 is 4.74 Å². The summed E-state index contributed by atoms with van der Waals surface area (Å²) in [4.78, 5) is 4.32. The Morgan fingerprint density at radius 3 is 2.94 bits per heavy atom. The third kappa shape index (κ3) is 1.77. The third-order valence-corrected chi connectivity index (χ3v) is 3.10. The number of pyridine rings is 1. The van der Waals surface area contributed by atoms with E-state index in [-0.39, 0.29) is 0 Å². The topological polar surface area (TPSA) is 63.7 Å². The second-order valence-electron chi connectivity index (χ2n) is 4.18. The van der Waals surface area contributed by atoms with Gasteiger partial charge in [0, 0.05) is 24.8 Å². The summed E-state index contributed by atoms with van der Waals surface area (Å²) in [6.07, 6.45) is 5.31. The summed E-state index contributed by atoms with van der Waals surface area (Å²) in [5.41, 5.74) is 1.43. The summed E-state index contributed by atoms with van der Waals surface area (Å²) in [5, 5.41) is 14.1. The van der Waals surface area contributed by atoms with E-state index in [1.54, 1.807) is 12.4 Å². The number of fused-ring (bicyclic) bond motifs is 1. The maximum atomic E-state index is 8.82. The number of aromatic nitrogens is 3. The molecule has 1 aliphatic heterocycles. The summed E-state index contributed by atoms with van der Waals surface area (Å²) >= 11 is 0. The van der Waals surface area contributed by atoms with Gasteiger partial charge < -0.3 is 4.74 Å². The summed E-state index contributed by atoms with van der Waals surface area (Å²) in [6.45, 7) is 1.56. The van der Waals surface area contributed by atoms with E-state index in [4.69, 9.17) is 10.00 Å². The van der Waals surface area contributed by atoms with Crippen LogP contribution >= 0.6 is 0 Å². The van der Waals surface area contributed by atoms with Crippen LogP contribution in [0.1, 0.15) is 24.4 Å². The standard InChI is InChI=1S/C12H12N4O/c13-6-9-5-10-8-15-16(12(10)14-7-9)11-1-3-17-4-2-11/h5,7-8,11H,1-4H2. The van der Waals surface area contributed by atoms with Gasteiger partial charge in [-0.15, -0.1) is 0 Å². The van der Waals surface area contributed by atoms with Crippen LogP contribution in [0.4, 0.5) is 0 Å². The first-order valence-corrected chi connectivity index (χ1v) is 5.69. The van der Waals surface area contributed by atoms with Crippen molar-refractivity contribution >= 4 is 11.0 Å². The number of hydrogen-bond acceptors (Lipinski definition) is 4. The molecule has 1 saturated heterocycles. The third-order valence-electron chi connectivity index (χ3n) is 3.10. The minimum absolute atomic E-state index is 0.363. The Bertz CT molecular complexity index is 578. The Balaban J connectivity index is 2.03. The SMILES string of the molecule is N#Cc1cnc2c(cnn2C2CCOCC2)c1. The smallest absolute Gasteiger partial charge is 0.158 e. The van der Waals surface area contributed by atoms with Crippen LogP contribution in [0.5, 0.6) is 0 Å². The number of ether oxygens (including phenoxy) is 1. The minimum Gasteiger partial charge on any atom is -0.381 e. The fraction of sp³-hybridized carbons (Fsp3) is 0.417. The predicted octanol–water partition coefficient (Wildman–Crippen LogP) is 1.65. The first-order valence-electron chi connectivity index (χ1n) is 5.69. The van der Waals surface area contributed by atoms with Crippen LogP contribution in [-0.4, -0.2) is 28.0 Å². The molecular formula is C12H12N4O. The zero-order valence-corrected chi connectivity index (χ0v) is 9.33. The molecule has 0 aromatic carbocycles. The second kappa shape index (κ2) is 4.15. The lowest BCUT2D eigenvalue weighted by Gasteiger charge is -2.22. The van der Waals surface area contributed by atoms with Crippen molar-refractivity contribution in [2.24, 2.45) is 0 Å². The van der Waals surface area contributed by atoms with E-state index in [1.165, 1.54) is 0 Å². The number of hydrogen-bond donors (Lipinski definition) is 0. The number of nitrogens with zero attached hydrogens (tertiary/aromatic N) is 4. The van der Waals surface area contributed by atoms with Crippen molar-refractivity contribution in [3.05, 3.63) is 24.0 Å². The molecule has 0 saturated carbocycles. The highest BCUT2D eigenvalue weighted by Gasteiger charge is 2.18. The van der Waals surface area contributed by atoms with E-state index in [2.05, 4.69) is 16.2 Å². The van der Waals surface area contributed by atoms with Crippen LogP contribution < -0.4 is 0 Å². The highest BCUT2D eigenvalue weighted by Crippen LogP contribution is 2.24. The van der Waals surface area contributed by atoms with Gasteiger partial charge >= 0.3 is 0 Å². The Kier molecular flexibility index (Phi) is 2.50. The van der Waals surface area contributed by atoms with E-state index in [0.717, 1.165) is 37.1 Å². The summed E-state index contributed by atoms with van der Waals surface area (Å²) in [6, 6.07) is 4.28. The summed E-state index contributed by atoms with van der Waals surface area (Å²) in [5.74, 6) is 0. The highest BCUT2D eigenvalue weighted by molar-refractivity contribution is 5.75. The van der Waals surface area contributed by atoms with Gasteiger partial charge in [-0.05, 0) is 18.9 Å². The molecular weight excluding hydrogens is 216 g/mol. The Labute approximate surface area is 98.6 Å². The zero-order chi connectivity index (χ0) is 11.7. The lowest BCUT2D eigenvalue weighted by Crippen LogP contribution is -2.20. The van der Waals surface area contributed by atoms with Gasteiger partial charge in [0.15, 0.2) is 5.65 Å². The molecule has 0 N–H and O–H groups in total. The minimum atomic E-state index is 0.363. The first kappa shape index (κ1) is 10.2. The van der Waals surface area contributed by atoms with Gasteiger partial charge in [-0.2, -0.15) is 10.4 Å². The van der Waals surface area contributed by atoms with Crippen molar-refractivity contribution in [1.82, 2.24) is 14.8 Å². The molecule has 2 aromatic heterocycles. The van der Waals surface area contributed by atoms with Crippen LogP contribution in [-0.2, 0) is 4.74 Å². The number of rotatable bonds is 1. The molecule has 3 heterocycles. The molecule has 0 radical (unpaired) electrons. The van der Waals surface area contributed by atoms with Crippen molar-refractivity contribution in [1.29, 1.82) is 5.26 Å². The second-order valence-corrected chi connectivity index (χ2v) is 4.18. The van der Waals surface area contributed by atoms with Gasteiger partial charge in [0.05, 0.1) is 17.8 Å². The normalized spacial score (nSPS) is 17.1. The molecule has 0 unspecified atom stereocenters. The molecule has 1 aliphatic rings. The molecule has 0 atom stereocenters. The van der Waals surface area contributed by atoms with Crippen LogP contribution in [0.2, 0.25) is 0 Å². The van der Waals surface area contributed by atoms with E-state index in [9.17, 15) is 0 Å². The van der Waals surface area contributed by atoms with Gasteiger partial charge in [-0.1, -0.05) is 0 Å². The van der Waals surface area contributed by atoms with Gasteiger partial charge in [0.25, 0.3) is 0 Å². The highest BCUT2D eigenvalue weighted by atomic mass is 16.5. The molecule has 0 amide bonds. The van der Waals surface area contributed by atoms with Crippen molar-refractivity contribution in [2.75, 3.05) is 13.2 Å². The molecule has 5 heteroatoms. The first-order chi connectivity index (χ1) is 8.38. The lowest BCUT2D eigenvalue weighted by molar-refractivity contribution is 0.0673. The molecule has 17 heavy (non-hydrogen) atoms. The van der Waals surface area contributed by atoms with E-state index >= 15 is 0 Å². The summed E-state index contributed by atoms with van der Waals surface area (Å²) in [7, 11) is 0. The maximum Gasteiger partial charge on any atom is 0.158 e. The summed E-state index contributed by atoms with van der Waals surface area (Å²) < 4.78 is 7.30.